The summed E-state index contributed by atoms with van der Waals surface area (Å²) in [6, 6.07) is 13.8. The number of nitrogens with zero attached hydrogens (tertiary/aromatic N) is 2. The van der Waals surface area contributed by atoms with Crippen molar-refractivity contribution in [2.75, 3.05) is 31.5 Å². The fourth-order valence-electron chi connectivity index (χ4n) is 3.25. The summed E-state index contributed by atoms with van der Waals surface area (Å²) in [5, 5.41) is 3.46. The zero-order valence-electron chi connectivity index (χ0n) is 16.0. The van der Waals surface area contributed by atoms with Crippen molar-refractivity contribution >= 4 is 44.8 Å². The molecule has 1 atom stereocenters. The molecular weight excluding hydrogens is 433 g/mol. The van der Waals surface area contributed by atoms with Gasteiger partial charge in [0, 0.05) is 26.2 Å². The first-order chi connectivity index (χ1) is 13.8. The molecule has 2 aromatic rings. The Morgan fingerprint density at radius 2 is 1.69 bits per heavy atom. The molecule has 1 aliphatic heterocycles. The molecule has 1 fully saturated rings. The van der Waals surface area contributed by atoms with E-state index in [4.69, 9.17) is 23.2 Å². The maximum absolute atomic E-state index is 12.7. The molecule has 29 heavy (non-hydrogen) atoms. The molecule has 0 bridgehead atoms. The summed E-state index contributed by atoms with van der Waals surface area (Å²) in [7, 11) is -3.39. The van der Waals surface area contributed by atoms with E-state index < -0.39 is 16.1 Å². The van der Waals surface area contributed by atoms with Gasteiger partial charge in [-0.05, 0) is 24.6 Å². The molecule has 1 N–H and O–H groups in total. The average molecular weight is 456 g/mol. The first-order valence-electron chi connectivity index (χ1n) is 9.28. The van der Waals surface area contributed by atoms with Gasteiger partial charge < -0.3 is 5.32 Å². The largest absolute Gasteiger partial charge is 0.323 e. The minimum absolute atomic E-state index is 0.0167. The summed E-state index contributed by atoms with van der Waals surface area (Å²) in [4.78, 5) is 14.6. The van der Waals surface area contributed by atoms with Crippen molar-refractivity contribution in [1.29, 1.82) is 0 Å². The van der Waals surface area contributed by atoms with Crippen LogP contribution >= 0.6 is 23.2 Å². The van der Waals surface area contributed by atoms with Gasteiger partial charge in [0.05, 0.1) is 27.5 Å². The maximum atomic E-state index is 12.7. The summed E-state index contributed by atoms with van der Waals surface area (Å²) < 4.78 is 26.8. The lowest BCUT2D eigenvalue weighted by molar-refractivity contribution is -0.121. The van der Waals surface area contributed by atoms with Crippen LogP contribution in [0.15, 0.2) is 48.5 Å². The molecule has 6 nitrogen and oxygen atoms in total. The number of sulfonamides is 1. The summed E-state index contributed by atoms with van der Waals surface area (Å²) in [5.74, 6) is -0.230. The Bertz CT molecular complexity index is 962. The van der Waals surface area contributed by atoms with Crippen molar-refractivity contribution in [3.8, 4) is 0 Å². The van der Waals surface area contributed by atoms with Crippen LogP contribution in [0.3, 0.4) is 0 Å². The number of amides is 1. The van der Waals surface area contributed by atoms with Gasteiger partial charge in [-0.3, -0.25) is 9.69 Å². The van der Waals surface area contributed by atoms with E-state index in [-0.39, 0.29) is 11.7 Å². The first kappa shape index (κ1) is 22.1. The molecule has 0 saturated carbocycles. The molecule has 0 aliphatic carbocycles. The van der Waals surface area contributed by atoms with Gasteiger partial charge in [0.1, 0.15) is 0 Å². The van der Waals surface area contributed by atoms with E-state index >= 15 is 0 Å². The Labute approximate surface area is 181 Å². The van der Waals surface area contributed by atoms with Crippen LogP contribution < -0.4 is 5.32 Å². The predicted molar refractivity (Wildman–Crippen MR) is 117 cm³/mol. The number of hydrogen-bond donors (Lipinski definition) is 1. The van der Waals surface area contributed by atoms with Gasteiger partial charge in [-0.2, -0.15) is 4.31 Å². The highest BCUT2D eigenvalue weighted by atomic mass is 35.5. The Hall–Kier alpha value is -1.64. The van der Waals surface area contributed by atoms with Gasteiger partial charge in [-0.25, -0.2) is 8.42 Å². The fourth-order valence-corrected chi connectivity index (χ4v) is 5.11. The van der Waals surface area contributed by atoms with E-state index in [0.717, 1.165) is 5.56 Å². The highest BCUT2D eigenvalue weighted by molar-refractivity contribution is 7.88. The summed E-state index contributed by atoms with van der Waals surface area (Å²) in [6.45, 7) is 3.45. The third kappa shape index (κ3) is 5.49. The fraction of sp³-hybridized carbons (Fsp3) is 0.350. The van der Waals surface area contributed by atoms with Gasteiger partial charge in [0.25, 0.3) is 0 Å². The first-order valence-corrected chi connectivity index (χ1v) is 11.6. The number of benzene rings is 2. The Morgan fingerprint density at radius 3 is 2.34 bits per heavy atom. The number of piperazine rings is 1. The molecular formula is C20H23Cl2N3O3S. The summed E-state index contributed by atoms with van der Waals surface area (Å²) in [5.41, 5.74) is 1.22. The van der Waals surface area contributed by atoms with E-state index in [1.165, 1.54) is 4.31 Å². The van der Waals surface area contributed by atoms with Crippen molar-refractivity contribution in [2.24, 2.45) is 0 Å². The second-order valence-electron chi connectivity index (χ2n) is 6.94. The number of nitrogens with one attached hydrogen (secondary N) is 1. The molecule has 3 rings (SSSR count). The van der Waals surface area contributed by atoms with E-state index in [0.29, 0.717) is 41.9 Å². The van der Waals surface area contributed by atoms with Gasteiger partial charge in [-0.1, -0.05) is 59.6 Å². The normalized spacial score (nSPS) is 17.1. The third-order valence-electron chi connectivity index (χ3n) is 5.00. The van der Waals surface area contributed by atoms with Crippen LogP contribution in [-0.2, 0) is 20.6 Å². The van der Waals surface area contributed by atoms with E-state index in [1.807, 2.05) is 23.1 Å². The number of carbonyl (C=O) groups excluding carboxylic acids is 1. The zero-order valence-corrected chi connectivity index (χ0v) is 18.3. The number of hydrogen-bond acceptors (Lipinski definition) is 4. The lowest BCUT2D eigenvalue weighted by atomic mass is 10.2. The van der Waals surface area contributed by atoms with Crippen LogP contribution in [0.25, 0.3) is 0 Å². The molecule has 1 unspecified atom stereocenters. The lowest BCUT2D eigenvalue weighted by Crippen LogP contribution is -2.54. The molecule has 1 amide bonds. The molecule has 2 aromatic carbocycles. The quantitative estimate of drug-likeness (QED) is 0.723. The Balaban J connectivity index is 1.57. The molecule has 0 aromatic heterocycles. The van der Waals surface area contributed by atoms with E-state index in [1.54, 1.807) is 37.3 Å². The highest BCUT2D eigenvalue weighted by Crippen LogP contribution is 2.29. The predicted octanol–water partition coefficient (Wildman–Crippen LogP) is 3.47. The van der Waals surface area contributed by atoms with Gasteiger partial charge in [-0.15, -0.1) is 0 Å². The monoisotopic (exact) mass is 455 g/mol. The second kappa shape index (κ2) is 9.45. The second-order valence-corrected chi connectivity index (χ2v) is 9.70. The molecule has 0 spiro atoms. The topological polar surface area (TPSA) is 69.7 Å². The minimum Gasteiger partial charge on any atom is -0.323 e. The minimum atomic E-state index is -3.39. The van der Waals surface area contributed by atoms with Gasteiger partial charge in [0.15, 0.2) is 0 Å². The van der Waals surface area contributed by atoms with Crippen LogP contribution in [0.1, 0.15) is 12.5 Å². The van der Waals surface area contributed by atoms with Crippen molar-refractivity contribution < 1.29 is 13.2 Å². The number of halogens is 2. The van der Waals surface area contributed by atoms with Crippen LogP contribution in [0, 0.1) is 0 Å². The maximum Gasteiger partial charge on any atom is 0.241 e. The highest BCUT2D eigenvalue weighted by Gasteiger charge is 2.31. The van der Waals surface area contributed by atoms with Gasteiger partial charge >= 0.3 is 0 Å². The molecule has 1 aliphatic rings. The molecule has 1 heterocycles. The molecule has 9 heteroatoms. The Morgan fingerprint density at radius 1 is 1.03 bits per heavy atom. The summed E-state index contributed by atoms with van der Waals surface area (Å²) >= 11 is 12.1. The number of carbonyl (C=O) groups is 1. The van der Waals surface area contributed by atoms with E-state index in [9.17, 15) is 13.2 Å². The standard InChI is InChI=1S/C20H23Cl2N3O3S/c1-15(20(26)23-18-9-5-8-17(21)19(18)22)24-10-12-25(13-11-24)29(27,28)14-16-6-3-2-4-7-16/h2-9,15H,10-14H2,1H3,(H,23,26). The van der Waals surface area contributed by atoms with Crippen molar-refractivity contribution in [1.82, 2.24) is 9.21 Å². The van der Waals surface area contributed by atoms with Crippen LogP contribution in [0.4, 0.5) is 5.69 Å². The average Bonchev–Trinajstić information content (AvgIpc) is 2.71. The Kier molecular flexibility index (Phi) is 7.19. The van der Waals surface area contributed by atoms with Crippen LogP contribution in [-0.4, -0.2) is 55.8 Å². The summed E-state index contributed by atoms with van der Waals surface area (Å²) in [6.07, 6.45) is 0. The number of anilines is 1. The van der Waals surface area contributed by atoms with Crippen molar-refractivity contribution in [2.45, 2.75) is 18.7 Å². The SMILES string of the molecule is CC(C(=O)Nc1cccc(Cl)c1Cl)N1CCN(S(=O)(=O)Cc2ccccc2)CC1. The van der Waals surface area contributed by atoms with Crippen LogP contribution in [0.2, 0.25) is 10.0 Å². The molecule has 1 saturated heterocycles. The van der Waals surface area contributed by atoms with E-state index in [2.05, 4.69) is 5.32 Å². The lowest BCUT2D eigenvalue weighted by Gasteiger charge is -2.36. The zero-order chi connectivity index (χ0) is 21.0. The molecule has 156 valence electrons. The number of rotatable bonds is 6. The van der Waals surface area contributed by atoms with Crippen molar-refractivity contribution in [3.05, 3.63) is 64.1 Å². The smallest absolute Gasteiger partial charge is 0.241 e. The van der Waals surface area contributed by atoms with Crippen LogP contribution in [0.5, 0.6) is 0 Å². The van der Waals surface area contributed by atoms with Gasteiger partial charge in [0.2, 0.25) is 15.9 Å². The molecule has 0 radical (unpaired) electrons. The third-order valence-corrected chi connectivity index (χ3v) is 7.66. The van der Waals surface area contributed by atoms with Crippen molar-refractivity contribution in [3.63, 3.8) is 0 Å².